The Morgan fingerprint density at radius 3 is 2.81 bits per heavy atom. The van der Waals surface area contributed by atoms with Crippen LogP contribution >= 0.6 is 0 Å². The van der Waals surface area contributed by atoms with Gasteiger partial charge in [0.1, 0.15) is 0 Å². The molecule has 1 aromatic carbocycles. The van der Waals surface area contributed by atoms with Crippen molar-refractivity contribution in [2.75, 3.05) is 19.7 Å². The molecule has 2 aromatic heterocycles. The Morgan fingerprint density at radius 2 is 2.00 bits per heavy atom. The molecule has 0 N–H and O–H groups in total. The summed E-state index contributed by atoms with van der Waals surface area (Å²) in [5.41, 5.74) is 1.38. The van der Waals surface area contributed by atoms with E-state index in [2.05, 4.69) is 15.2 Å². The van der Waals surface area contributed by atoms with Crippen molar-refractivity contribution in [2.45, 2.75) is 56.5 Å². The molecule has 4 heterocycles. The van der Waals surface area contributed by atoms with Gasteiger partial charge in [0.15, 0.2) is 11.5 Å². The van der Waals surface area contributed by atoms with Gasteiger partial charge in [0.05, 0.1) is 11.1 Å². The first-order valence-electron chi connectivity index (χ1n) is 11.8. The number of amides is 1. The fourth-order valence-corrected chi connectivity index (χ4v) is 5.40. The fourth-order valence-electron chi connectivity index (χ4n) is 5.40. The quantitative estimate of drug-likeness (QED) is 0.624. The Labute approximate surface area is 186 Å². The summed E-state index contributed by atoms with van der Waals surface area (Å²) in [6, 6.07) is 7.90. The summed E-state index contributed by atoms with van der Waals surface area (Å²) in [7, 11) is 1.89. The molecular formula is C24H29N5O3. The molecule has 168 valence electrons. The Bertz CT molecular complexity index is 1140. The predicted molar refractivity (Wildman–Crippen MR) is 117 cm³/mol. The summed E-state index contributed by atoms with van der Waals surface area (Å²) in [5, 5.41) is 9.65. The largest absolute Gasteiger partial charge is 0.375 e. The third-order valence-corrected chi connectivity index (χ3v) is 7.40. The molecule has 1 unspecified atom stereocenters. The Balaban J connectivity index is 1.11. The van der Waals surface area contributed by atoms with Crippen LogP contribution in [0.3, 0.4) is 0 Å². The Morgan fingerprint density at radius 1 is 1.19 bits per heavy atom. The zero-order valence-electron chi connectivity index (χ0n) is 18.5. The van der Waals surface area contributed by atoms with Gasteiger partial charge in [-0.05, 0) is 50.5 Å². The average molecular weight is 436 g/mol. The minimum atomic E-state index is -0.144. The average Bonchev–Trinajstić information content (AvgIpc) is 3.47. The number of hydrogen-bond donors (Lipinski definition) is 0. The van der Waals surface area contributed by atoms with Gasteiger partial charge in [-0.1, -0.05) is 23.4 Å². The first-order chi connectivity index (χ1) is 15.6. The lowest BCUT2D eigenvalue weighted by Crippen LogP contribution is -2.51. The zero-order valence-corrected chi connectivity index (χ0v) is 18.5. The van der Waals surface area contributed by atoms with Crippen molar-refractivity contribution in [2.24, 2.45) is 13.0 Å². The van der Waals surface area contributed by atoms with Gasteiger partial charge in [0.2, 0.25) is 5.89 Å². The number of benzene rings is 1. The molecule has 8 nitrogen and oxygen atoms in total. The van der Waals surface area contributed by atoms with Gasteiger partial charge in [0, 0.05) is 44.5 Å². The van der Waals surface area contributed by atoms with Crippen molar-refractivity contribution in [3.63, 3.8) is 0 Å². The number of carbonyl (C=O) groups excluding carboxylic acids is 1. The first kappa shape index (κ1) is 19.9. The van der Waals surface area contributed by atoms with E-state index in [1.807, 2.05) is 36.2 Å². The SMILES string of the molecule is Cn1nc(C(=O)N2CCC3(CC2)CC(Cc2noc(C4CC4)n2)CCO3)c2ccccc21. The number of aryl methyl sites for hydroxylation is 1. The summed E-state index contributed by atoms with van der Waals surface area (Å²) in [6.07, 6.45) is 6.94. The standard InChI is InChI=1S/C24H29N5O3/c1-28-19-5-3-2-4-18(19)21(26-28)23(30)29-11-9-24(10-12-29)15-16(8-13-31-24)14-20-25-22(32-27-20)17-6-7-17/h2-5,16-17H,6-15H2,1H3. The number of likely N-dealkylation sites (tertiary alicyclic amines) is 1. The van der Waals surface area contributed by atoms with Crippen molar-refractivity contribution in [1.29, 1.82) is 0 Å². The summed E-state index contributed by atoms with van der Waals surface area (Å²) in [5.74, 6) is 2.66. The number of ether oxygens (including phenoxy) is 1. The minimum absolute atomic E-state index is 0.0170. The highest BCUT2D eigenvalue weighted by Crippen LogP contribution is 2.41. The van der Waals surface area contributed by atoms with Crippen LogP contribution < -0.4 is 0 Å². The van der Waals surface area contributed by atoms with E-state index in [9.17, 15) is 4.79 Å². The van der Waals surface area contributed by atoms with E-state index in [1.165, 1.54) is 12.8 Å². The molecule has 1 atom stereocenters. The third-order valence-electron chi connectivity index (χ3n) is 7.40. The van der Waals surface area contributed by atoms with Gasteiger partial charge in [-0.3, -0.25) is 9.48 Å². The van der Waals surface area contributed by atoms with Crippen LogP contribution in [0, 0.1) is 5.92 Å². The monoisotopic (exact) mass is 435 g/mol. The van der Waals surface area contributed by atoms with Crippen LogP contribution in [0.15, 0.2) is 28.8 Å². The van der Waals surface area contributed by atoms with Crippen molar-refractivity contribution >= 4 is 16.8 Å². The lowest BCUT2D eigenvalue weighted by atomic mass is 9.78. The van der Waals surface area contributed by atoms with Gasteiger partial charge in [-0.15, -0.1) is 0 Å². The zero-order chi connectivity index (χ0) is 21.7. The Hall–Kier alpha value is -2.74. The van der Waals surface area contributed by atoms with Crippen LogP contribution in [0.4, 0.5) is 0 Å². The maximum Gasteiger partial charge on any atom is 0.275 e. The predicted octanol–water partition coefficient (Wildman–Crippen LogP) is 3.48. The molecule has 2 saturated heterocycles. The van der Waals surface area contributed by atoms with E-state index in [-0.39, 0.29) is 11.5 Å². The normalized spacial score (nSPS) is 23.2. The molecule has 1 spiro atoms. The number of fused-ring (bicyclic) bond motifs is 1. The molecule has 1 saturated carbocycles. The maximum atomic E-state index is 13.2. The van der Waals surface area contributed by atoms with Crippen LogP contribution in [0.5, 0.6) is 0 Å². The van der Waals surface area contributed by atoms with Crippen LogP contribution in [0.1, 0.15) is 66.6 Å². The van der Waals surface area contributed by atoms with Gasteiger partial charge < -0.3 is 14.2 Å². The molecule has 8 heteroatoms. The van der Waals surface area contributed by atoms with E-state index in [0.717, 1.165) is 61.3 Å². The second kappa shape index (κ2) is 7.69. The molecule has 1 aliphatic carbocycles. The summed E-state index contributed by atoms with van der Waals surface area (Å²) in [6.45, 7) is 2.16. The van der Waals surface area contributed by atoms with E-state index < -0.39 is 0 Å². The highest BCUT2D eigenvalue weighted by atomic mass is 16.5. The number of rotatable bonds is 4. The summed E-state index contributed by atoms with van der Waals surface area (Å²) < 4.78 is 13.5. The van der Waals surface area contributed by atoms with Crippen LogP contribution in [0.25, 0.3) is 10.9 Å². The topological polar surface area (TPSA) is 86.3 Å². The number of hydrogen-bond acceptors (Lipinski definition) is 6. The molecule has 1 amide bonds. The molecule has 0 radical (unpaired) electrons. The number of piperidine rings is 1. The van der Waals surface area contributed by atoms with Crippen molar-refractivity contribution in [3.05, 3.63) is 41.7 Å². The maximum absolute atomic E-state index is 13.2. The lowest BCUT2D eigenvalue weighted by molar-refractivity contribution is -0.123. The number of carbonyl (C=O) groups is 1. The van der Waals surface area contributed by atoms with E-state index in [0.29, 0.717) is 30.6 Å². The number of aromatic nitrogens is 4. The van der Waals surface area contributed by atoms with Crippen LogP contribution in [0.2, 0.25) is 0 Å². The minimum Gasteiger partial charge on any atom is -0.375 e. The molecule has 3 aliphatic rings. The van der Waals surface area contributed by atoms with E-state index in [4.69, 9.17) is 9.26 Å². The lowest BCUT2D eigenvalue weighted by Gasteiger charge is -2.46. The van der Waals surface area contributed by atoms with Crippen LogP contribution in [-0.2, 0) is 18.2 Å². The van der Waals surface area contributed by atoms with Gasteiger partial charge >= 0.3 is 0 Å². The molecule has 2 aliphatic heterocycles. The molecule has 32 heavy (non-hydrogen) atoms. The first-order valence-corrected chi connectivity index (χ1v) is 11.8. The van der Waals surface area contributed by atoms with Gasteiger partial charge in [-0.25, -0.2) is 0 Å². The van der Waals surface area contributed by atoms with E-state index >= 15 is 0 Å². The Kier molecular flexibility index (Phi) is 4.78. The van der Waals surface area contributed by atoms with E-state index in [1.54, 1.807) is 4.68 Å². The van der Waals surface area contributed by atoms with Crippen molar-refractivity contribution in [1.82, 2.24) is 24.8 Å². The van der Waals surface area contributed by atoms with Crippen molar-refractivity contribution in [3.8, 4) is 0 Å². The second-order valence-corrected chi connectivity index (χ2v) is 9.70. The van der Waals surface area contributed by atoms with Gasteiger partial charge in [-0.2, -0.15) is 10.1 Å². The van der Waals surface area contributed by atoms with Crippen LogP contribution in [-0.4, -0.2) is 56.0 Å². The smallest absolute Gasteiger partial charge is 0.275 e. The molecule has 0 bridgehead atoms. The fraction of sp³-hybridized carbons (Fsp3) is 0.583. The van der Waals surface area contributed by atoms with Crippen molar-refractivity contribution < 1.29 is 14.1 Å². The molecule has 6 rings (SSSR count). The highest BCUT2D eigenvalue weighted by molar-refractivity contribution is 6.04. The third kappa shape index (κ3) is 3.60. The number of nitrogens with zero attached hydrogens (tertiary/aromatic N) is 5. The summed E-state index contributed by atoms with van der Waals surface area (Å²) in [4.78, 5) is 19.8. The molecule has 3 fully saturated rings. The molecule has 3 aromatic rings. The summed E-state index contributed by atoms with van der Waals surface area (Å²) >= 11 is 0. The molecular weight excluding hydrogens is 406 g/mol. The number of para-hydroxylation sites is 1. The second-order valence-electron chi connectivity index (χ2n) is 9.70. The van der Waals surface area contributed by atoms with Gasteiger partial charge in [0.25, 0.3) is 5.91 Å². The highest BCUT2D eigenvalue weighted by Gasteiger charge is 2.42.